The van der Waals surface area contributed by atoms with Crippen molar-refractivity contribution in [1.29, 1.82) is 0 Å². The molecule has 114 valence electrons. The standard InChI is InChI=1S/C16H19N5O/c1-17-16(19-10-13-6-9-22-11-13)18-7-8-21-12-20-14-4-2-3-5-15(14)21/h2-6,9,11-12H,7-8,10H2,1H3,(H2,17,18,19). The average molecular weight is 297 g/mol. The lowest BCUT2D eigenvalue weighted by molar-refractivity contribution is 0.563. The van der Waals surface area contributed by atoms with E-state index in [4.69, 9.17) is 4.42 Å². The monoisotopic (exact) mass is 297 g/mol. The number of furan rings is 1. The fourth-order valence-electron chi connectivity index (χ4n) is 2.28. The van der Waals surface area contributed by atoms with E-state index in [9.17, 15) is 0 Å². The molecule has 1 aromatic carbocycles. The largest absolute Gasteiger partial charge is 0.472 e. The normalized spacial score (nSPS) is 11.8. The van der Waals surface area contributed by atoms with Crippen LogP contribution in [0.25, 0.3) is 11.0 Å². The zero-order valence-corrected chi connectivity index (χ0v) is 12.5. The number of hydrogen-bond donors (Lipinski definition) is 2. The van der Waals surface area contributed by atoms with Crippen LogP contribution in [0, 0.1) is 0 Å². The van der Waals surface area contributed by atoms with Gasteiger partial charge in [0.2, 0.25) is 0 Å². The Labute approximate surface area is 128 Å². The summed E-state index contributed by atoms with van der Waals surface area (Å²) in [4.78, 5) is 8.59. The third-order valence-corrected chi connectivity index (χ3v) is 3.44. The lowest BCUT2D eigenvalue weighted by Gasteiger charge is -2.11. The van der Waals surface area contributed by atoms with Gasteiger partial charge in [0.25, 0.3) is 0 Å². The summed E-state index contributed by atoms with van der Waals surface area (Å²) in [6.07, 6.45) is 5.25. The Bertz CT molecular complexity index is 745. The Morgan fingerprint density at radius 2 is 2.18 bits per heavy atom. The van der Waals surface area contributed by atoms with Crippen LogP contribution in [-0.4, -0.2) is 29.1 Å². The SMILES string of the molecule is CN=C(NCCn1cnc2ccccc21)NCc1ccoc1. The van der Waals surface area contributed by atoms with E-state index in [0.29, 0.717) is 6.54 Å². The zero-order valence-electron chi connectivity index (χ0n) is 12.5. The molecular weight excluding hydrogens is 278 g/mol. The van der Waals surface area contributed by atoms with Crippen molar-refractivity contribution in [3.8, 4) is 0 Å². The predicted octanol–water partition coefficient (Wildman–Crippen LogP) is 1.99. The molecule has 0 bridgehead atoms. The first-order valence-corrected chi connectivity index (χ1v) is 7.22. The Morgan fingerprint density at radius 3 is 3.00 bits per heavy atom. The molecule has 0 radical (unpaired) electrons. The second kappa shape index (κ2) is 6.80. The molecule has 2 aromatic heterocycles. The molecule has 0 spiro atoms. The van der Waals surface area contributed by atoms with Gasteiger partial charge in [0.05, 0.1) is 29.9 Å². The summed E-state index contributed by atoms with van der Waals surface area (Å²) >= 11 is 0. The van der Waals surface area contributed by atoms with Gasteiger partial charge in [0.15, 0.2) is 5.96 Å². The van der Waals surface area contributed by atoms with Crippen molar-refractivity contribution in [3.63, 3.8) is 0 Å². The van der Waals surface area contributed by atoms with E-state index in [-0.39, 0.29) is 0 Å². The number of aliphatic imine (C=N–C) groups is 1. The number of aromatic nitrogens is 2. The van der Waals surface area contributed by atoms with Gasteiger partial charge in [-0.3, -0.25) is 4.99 Å². The molecular formula is C16H19N5O. The number of para-hydroxylation sites is 2. The summed E-state index contributed by atoms with van der Waals surface area (Å²) < 4.78 is 7.17. The minimum Gasteiger partial charge on any atom is -0.472 e. The highest BCUT2D eigenvalue weighted by molar-refractivity contribution is 5.79. The van der Waals surface area contributed by atoms with E-state index in [0.717, 1.165) is 35.6 Å². The number of guanidine groups is 1. The summed E-state index contributed by atoms with van der Waals surface area (Å²) in [5.41, 5.74) is 3.25. The fraction of sp³-hybridized carbons (Fsp3) is 0.250. The van der Waals surface area contributed by atoms with Crippen molar-refractivity contribution in [2.75, 3.05) is 13.6 Å². The van der Waals surface area contributed by atoms with Crippen molar-refractivity contribution in [2.45, 2.75) is 13.1 Å². The molecule has 6 heteroatoms. The molecule has 0 amide bonds. The van der Waals surface area contributed by atoms with E-state index in [1.165, 1.54) is 0 Å². The van der Waals surface area contributed by atoms with Gasteiger partial charge in [-0.15, -0.1) is 0 Å². The minimum atomic E-state index is 0.685. The van der Waals surface area contributed by atoms with E-state index in [1.807, 2.05) is 30.6 Å². The number of benzene rings is 1. The zero-order chi connectivity index (χ0) is 15.2. The molecule has 0 saturated heterocycles. The van der Waals surface area contributed by atoms with Crippen LogP contribution >= 0.6 is 0 Å². The van der Waals surface area contributed by atoms with Gasteiger partial charge in [-0.1, -0.05) is 12.1 Å². The molecule has 0 aliphatic heterocycles. The lowest BCUT2D eigenvalue weighted by atomic mass is 10.3. The molecule has 0 aliphatic rings. The maximum atomic E-state index is 5.04. The second-order valence-corrected chi connectivity index (χ2v) is 4.91. The van der Waals surface area contributed by atoms with Crippen molar-refractivity contribution in [1.82, 2.24) is 20.2 Å². The van der Waals surface area contributed by atoms with Crippen LogP contribution in [0.2, 0.25) is 0 Å². The number of rotatable bonds is 5. The van der Waals surface area contributed by atoms with Crippen LogP contribution in [0.4, 0.5) is 0 Å². The highest BCUT2D eigenvalue weighted by atomic mass is 16.3. The third kappa shape index (κ3) is 3.28. The van der Waals surface area contributed by atoms with E-state index in [2.05, 4.69) is 31.2 Å². The highest BCUT2D eigenvalue weighted by Gasteiger charge is 2.02. The van der Waals surface area contributed by atoms with Crippen molar-refractivity contribution in [2.24, 2.45) is 4.99 Å². The predicted molar refractivity (Wildman–Crippen MR) is 86.6 cm³/mol. The smallest absolute Gasteiger partial charge is 0.191 e. The van der Waals surface area contributed by atoms with Crippen LogP contribution in [0.15, 0.2) is 58.6 Å². The summed E-state index contributed by atoms with van der Waals surface area (Å²) in [6, 6.07) is 10.1. The first-order chi connectivity index (χ1) is 10.9. The molecule has 0 saturated carbocycles. The highest BCUT2D eigenvalue weighted by Crippen LogP contribution is 2.10. The van der Waals surface area contributed by atoms with E-state index in [1.54, 1.807) is 19.6 Å². The van der Waals surface area contributed by atoms with E-state index >= 15 is 0 Å². The maximum absolute atomic E-state index is 5.04. The third-order valence-electron chi connectivity index (χ3n) is 3.44. The first-order valence-electron chi connectivity index (χ1n) is 7.22. The van der Waals surface area contributed by atoms with Crippen molar-refractivity contribution >= 4 is 17.0 Å². The molecule has 3 aromatic rings. The van der Waals surface area contributed by atoms with Gasteiger partial charge in [-0.05, 0) is 18.2 Å². The topological polar surface area (TPSA) is 67.4 Å². The van der Waals surface area contributed by atoms with Gasteiger partial charge < -0.3 is 19.6 Å². The maximum Gasteiger partial charge on any atom is 0.191 e. The summed E-state index contributed by atoms with van der Waals surface area (Å²) in [5, 5.41) is 6.54. The van der Waals surface area contributed by atoms with Crippen molar-refractivity contribution in [3.05, 3.63) is 54.7 Å². The van der Waals surface area contributed by atoms with Crippen LogP contribution in [0.5, 0.6) is 0 Å². The number of nitrogens with zero attached hydrogens (tertiary/aromatic N) is 3. The van der Waals surface area contributed by atoms with Crippen LogP contribution in [0.3, 0.4) is 0 Å². The molecule has 3 rings (SSSR count). The van der Waals surface area contributed by atoms with Crippen LogP contribution in [0.1, 0.15) is 5.56 Å². The van der Waals surface area contributed by atoms with E-state index < -0.39 is 0 Å². The van der Waals surface area contributed by atoms with Gasteiger partial charge >= 0.3 is 0 Å². The lowest BCUT2D eigenvalue weighted by Crippen LogP contribution is -2.38. The first kappa shape index (κ1) is 14.2. The number of imidazole rings is 1. The minimum absolute atomic E-state index is 0.685. The van der Waals surface area contributed by atoms with Gasteiger partial charge in [0, 0.05) is 32.2 Å². The molecule has 2 N–H and O–H groups in total. The summed E-state index contributed by atoms with van der Waals surface area (Å²) in [6.45, 7) is 2.28. The molecule has 0 atom stereocenters. The Balaban J connectivity index is 1.51. The van der Waals surface area contributed by atoms with Crippen LogP contribution < -0.4 is 10.6 Å². The number of hydrogen-bond acceptors (Lipinski definition) is 3. The fourth-order valence-corrected chi connectivity index (χ4v) is 2.28. The molecule has 6 nitrogen and oxygen atoms in total. The number of nitrogens with one attached hydrogen (secondary N) is 2. The Hall–Kier alpha value is -2.76. The molecule has 0 fully saturated rings. The molecule has 0 aliphatic carbocycles. The Kier molecular flexibility index (Phi) is 4.38. The second-order valence-electron chi connectivity index (χ2n) is 4.91. The number of fused-ring (bicyclic) bond motifs is 1. The molecule has 0 unspecified atom stereocenters. The van der Waals surface area contributed by atoms with Crippen LogP contribution in [-0.2, 0) is 13.1 Å². The van der Waals surface area contributed by atoms with Gasteiger partial charge in [-0.25, -0.2) is 4.98 Å². The molecule has 2 heterocycles. The summed E-state index contributed by atoms with van der Waals surface area (Å²) in [7, 11) is 1.76. The Morgan fingerprint density at radius 1 is 1.27 bits per heavy atom. The summed E-state index contributed by atoms with van der Waals surface area (Å²) in [5.74, 6) is 0.769. The van der Waals surface area contributed by atoms with Crippen molar-refractivity contribution < 1.29 is 4.42 Å². The van der Waals surface area contributed by atoms with Gasteiger partial charge in [-0.2, -0.15) is 0 Å². The quantitative estimate of drug-likeness (QED) is 0.558. The van der Waals surface area contributed by atoms with Gasteiger partial charge in [0.1, 0.15) is 0 Å². The average Bonchev–Trinajstić information content (AvgIpc) is 3.20. The molecule has 22 heavy (non-hydrogen) atoms.